The van der Waals surface area contributed by atoms with E-state index >= 15 is 0 Å². The van der Waals surface area contributed by atoms with Crippen molar-refractivity contribution in [3.63, 3.8) is 0 Å². The number of rotatable bonds is 0. The van der Waals surface area contributed by atoms with E-state index in [4.69, 9.17) is 0 Å². The highest BCUT2D eigenvalue weighted by Gasteiger charge is 2.05. The zero-order chi connectivity index (χ0) is 9.54. The Hall–Kier alpha value is -1.00. The van der Waals surface area contributed by atoms with Crippen molar-refractivity contribution in [1.29, 1.82) is 0 Å². The van der Waals surface area contributed by atoms with E-state index in [0.29, 0.717) is 0 Å². The van der Waals surface area contributed by atoms with Crippen LogP contribution in [0, 0.1) is 0 Å². The third-order valence-corrected chi connectivity index (χ3v) is 3.46. The smallest absolute Gasteiger partial charge is 0.112 e. The van der Waals surface area contributed by atoms with Crippen LogP contribution in [-0.2, 0) is 0 Å². The predicted octanol–water partition coefficient (Wildman–Crippen LogP) is 3.61. The van der Waals surface area contributed by atoms with Crippen molar-refractivity contribution in [2.45, 2.75) is 0 Å². The third kappa shape index (κ3) is 1.07. The van der Waals surface area contributed by atoms with E-state index in [9.17, 15) is 0 Å². The lowest BCUT2D eigenvalue weighted by Crippen LogP contribution is -1.76. The Morgan fingerprint density at radius 3 is 2.86 bits per heavy atom. The number of nitrogens with zero attached hydrogens (tertiary/aromatic N) is 2. The first-order valence-electron chi connectivity index (χ1n) is 4.16. The first-order valence-corrected chi connectivity index (χ1v) is 5.68. The molecule has 0 unspecified atom stereocenters. The van der Waals surface area contributed by atoms with E-state index in [-0.39, 0.29) is 0 Å². The maximum Gasteiger partial charge on any atom is 0.112 e. The van der Waals surface area contributed by atoms with Crippen LogP contribution in [0.15, 0.2) is 34.8 Å². The van der Waals surface area contributed by atoms with Gasteiger partial charge < -0.3 is 0 Å². The molecule has 0 aliphatic rings. The zero-order valence-corrected chi connectivity index (χ0v) is 9.47. The van der Waals surface area contributed by atoms with Crippen LogP contribution in [0.5, 0.6) is 0 Å². The van der Waals surface area contributed by atoms with Crippen LogP contribution in [0.1, 0.15) is 0 Å². The molecule has 0 aliphatic carbocycles. The summed E-state index contributed by atoms with van der Waals surface area (Å²) in [7, 11) is 0. The standard InChI is InChI=1S/C10H5BrN2S/c11-8-3-1-2-7-6(8)4-5-9-10(7)13-14-12-9/h1-5H. The Balaban J connectivity index is 2.64. The van der Waals surface area contributed by atoms with Crippen molar-refractivity contribution in [1.82, 2.24) is 8.75 Å². The van der Waals surface area contributed by atoms with Gasteiger partial charge in [0.2, 0.25) is 0 Å². The monoisotopic (exact) mass is 264 g/mol. The van der Waals surface area contributed by atoms with Gasteiger partial charge in [-0.2, -0.15) is 8.75 Å². The van der Waals surface area contributed by atoms with Gasteiger partial charge in [-0.05, 0) is 17.5 Å². The van der Waals surface area contributed by atoms with Crippen LogP contribution in [-0.4, -0.2) is 8.75 Å². The second kappa shape index (κ2) is 3.00. The molecule has 0 spiro atoms. The SMILES string of the molecule is Brc1cccc2c1ccc1nsnc12. The summed E-state index contributed by atoms with van der Waals surface area (Å²) < 4.78 is 9.61. The maximum absolute atomic E-state index is 4.30. The van der Waals surface area contributed by atoms with Crippen LogP contribution in [0.2, 0.25) is 0 Å². The van der Waals surface area contributed by atoms with Crippen LogP contribution >= 0.6 is 27.7 Å². The molecule has 1 aromatic heterocycles. The van der Waals surface area contributed by atoms with Gasteiger partial charge >= 0.3 is 0 Å². The first-order chi connectivity index (χ1) is 6.86. The zero-order valence-electron chi connectivity index (χ0n) is 7.07. The van der Waals surface area contributed by atoms with Crippen molar-refractivity contribution < 1.29 is 0 Å². The Bertz CT molecular complexity index is 618. The fraction of sp³-hybridized carbons (Fsp3) is 0. The van der Waals surface area contributed by atoms with Gasteiger partial charge in [0, 0.05) is 9.86 Å². The van der Waals surface area contributed by atoms with E-state index < -0.39 is 0 Å². The van der Waals surface area contributed by atoms with Crippen LogP contribution in [0.3, 0.4) is 0 Å². The summed E-state index contributed by atoms with van der Waals surface area (Å²) in [5, 5.41) is 2.35. The fourth-order valence-corrected chi connectivity index (χ4v) is 2.61. The molecular formula is C10H5BrN2S. The number of halogens is 1. The van der Waals surface area contributed by atoms with Crippen LogP contribution < -0.4 is 0 Å². The van der Waals surface area contributed by atoms with E-state index in [2.05, 4.69) is 36.8 Å². The lowest BCUT2D eigenvalue weighted by atomic mass is 10.1. The Morgan fingerprint density at radius 2 is 1.93 bits per heavy atom. The summed E-state index contributed by atoms with van der Waals surface area (Å²) in [5.41, 5.74) is 1.97. The van der Waals surface area contributed by atoms with Crippen LogP contribution in [0.25, 0.3) is 21.8 Å². The molecule has 2 aromatic carbocycles. The highest BCUT2D eigenvalue weighted by molar-refractivity contribution is 9.10. The molecule has 3 aromatic rings. The average Bonchev–Trinajstić information content (AvgIpc) is 2.66. The van der Waals surface area contributed by atoms with Crippen molar-refractivity contribution in [3.8, 4) is 0 Å². The lowest BCUT2D eigenvalue weighted by molar-refractivity contribution is 1.66. The number of fused-ring (bicyclic) bond motifs is 3. The molecule has 2 nitrogen and oxygen atoms in total. The molecule has 14 heavy (non-hydrogen) atoms. The van der Waals surface area contributed by atoms with Gasteiger partial charge in [-0.15, -0.1) is 0 Å². The Morgan fingerprint density at radius 1 is 1.00 bits per heavy atom. The van der Waals surface area contributed by atoms with Gasteiger partial charge in [0.05, 0.1) is 11.7 Å². The summed E-state index contributed by atoms with van der Waals surface area (Å²) in [6.07, 6.45) is 0. The molecule has 0 bridgehead atoms. The predicted molar refractivity (Wildman–Crippen MR) is 62.6 cm³/mol. The molecule has 4 heteroatoms. The highest BCUT2D eigenvalue weighted by Crippen LogP contribution is 2.28. The molecule has 0 saturated carbocycles. The van der Waals surface area contributed by atoms with Crippen LogP contribution in [0.4, 0.5) is 0 Å². The van der Waals surface area contributed by atoms with Crippen molar-refractivity contribution in [2.75, 3.05) is 0 Å². The molecule has 0 aliphatic heterocycles. The summed E-state index contributed by atoms with van der Waals surface area (Å²) in [6.45, 7) is 0. The fourth-order valence-electron chi connectivity index (χ4n) is 1.57. The molecule has 0 saturated heterocycles. The van der Waals surface area contributed by atoms with Crippen molar-refractivity contribution in [2.24, 2.45) is 0 Å². The summed E-state index contributed by atoms with van der Waals surface area (Å²) in [5.74, 6) is 0. The molecule has 68 valence electrons. The first kappa shape index (κ1) is 8.32. The molecule has 3 rings (SSSR count). The normalized spacial score (nSPS) is 11.2. The molecular weight excluding hydrogens is 260 g/mol. The maximum atomic E-state index is 4.30. The van der Waals surface area contributed by atoms with E-state index in [1.165, 1.54) is 17.1 Å². The Labute approximate surface area is 93.0 Å². The molecule has 0 fully saturated rings. The second-order valence-electron chi connectivity index (χ2n) is 3.03. The van der Waals surface area contributed by atoms with Gasteiger partial charge in [0.1, 0.15) is 11.0 Å². The molecule has 0 amide bonds. The van der Waals surface area contributed by atoms with Gasteiger partial charge in [-0.25, -0.2) is 0 Å². The minimum atomic E-state index is 0.973. The number of benzene rings is 2. The van der Waals surface area contributed by atoms with E-state index in [1.807, 2.05) is 18.2 Å². The minimum absolute atomic E-state index is 0.973. The largest absolute Gasteiger partial charge is 0.173 e. The van der Waals surface area contributed by atoms with E-state index in [1.54, 1.807) is 0 Å². The van der Waals surface area contributed by atoms with Gasteiger partial charge in [-0.3, -0.25) is 0 Å². The lowest BCUT2D eigenvalue weighted by Gasteiger charge is -1.99. The average molecular weight is 265 g/mol. The van der Waals surface area contributed by atoms with Crippen molar-refractivity contribution >= 4 is 49.5 Å². The van der Waals surface area contributed by atoms with Crippen molar-refractivity contribution in [3.05, 3.63) is 34.8 Å². The molecule has 0 radical (unpaired) electrons. The molecule has 0 N–H and O–H groups in total. The topological polar surface area (TPSA) is 25.8 Å². The number of aromatic nitrogens is 2. The molecule has 1 heterocycles. The van der Waals surface area contributed by atoms with Gasteiger partial charge in [0.25, 0.3) is 0 Å². The number of hydrogen-bond donors (Lipinski definition) is 0. The highest BCUT2D eigenvalue weighted by atomic mass is 79.9. The van der Waals surface area contributed by atoms with Gasteiger partial charge in [-0.1, -0.05) is 34.1 Å². The second-order valence-corrected chi connectivity index (χ2v) is 4.42. The van der Waals surface area contributed by atoms with E-state index in [0.717, 1.165) is 20.9 Å². The van der Waals surface area contributed by atoms with Gasteiger partial charge in [0.15, 0.2) is 0 Å². The quantitative estimate of drug-likeness (QED) is 0.620. The number of hydrogen-bond acceptors (Lipinski definition) is 3. The summed E-state index contributed by atoms with van der Waals surface area (Å²) >= 11 is 4.78. The molecule has 0 atom stereocenters. The third-order valence-electron chi connectivity index (χ3n) is 2.23. The summed E-state index contributed by atoms with van der Waals surface area (Å²) in [6, 6.07) is 10.2. The minimum Gasteiger partial charge on any atom is -0.173 e. The summed E-state index contributed by atoms with van der Waals surface area (Å²) in [4.78, 5) is 0. The Kier molecular flexibility index (Phi) is 1.78.